The first-order chi connectivity index (χ1) is 8.38. The van der Waals surface area contributed by atoms with Gasteiger partial charge in [-0.05, 0) is 6.42 Å². The molecule has 1 fully saturated rings. The summed E-state index contributed by atoms with van der Waals surface area (Å²) in [4.78, 5) is 21.0. The van der Waals surface area contributed by atoms with Gasteiger partial charge in [0.25, 0.3) is 0 Å². The molecule has 0 aromatic heterocycles. The zero-order chi connectivity index (χ0) is 15.0. The maximum atomic E-state index is 11.6. The zero-order valence-electron chi connectivity index (χ0n) is 8.69. The average molecular weight is 389 g/mol. The van der Waals surface area contributed by atoms with Crippen molar-refractivity contribution in [3.05, 3.63) is 10.6 Å². The summed E-state index contributed by atoms with van der Waals surface area (Å²) in [5.41, 5.74) is -2.98. The highest BCUT2D eigenvalue weighted by atomic mass is 35.5. The molecular weight excluding hydrogens is 385 g/mol. The Bertz CT molecular complexity index is 541. The summed E-state index contributed by atoms with van der Waals surface area (Å²) < 4.78 is -4.53. The molecule has 0 amide bonds. The first kappa shape index (κ1) is 15.8. The van der Waals surface area contributed by atoms with Gasteiger partial charge >= 0.3 is 11.9 Å². The van der Waals surface area contributed by atoms with Crippen molar-refractivity contribution in [2.45, 2.75) is 20.0 Å². The maximum absolute atomic E-state index is 11.6. The molecule has 4 nitrogen and oxygen atoms in total. The third-order valence-corrected chi connectivity index (χ3v) is 7.73. The van der Waals surface area contributed by atoms with Gasteiger partial charge in [-0.15, -0.1) is 11.6 Å². The predicted molar refractivity (Wildman–Crippen MR) is 72.7 cm³/mol. The fourth-order valence-corrected chi connectivity index (χ4v) is 5.08. The summed E-state index contributed by atoms with van der Waals surface area (Å²) in [5, 5.41) is 18.1. The Hall–Kier alpha value is 0.420. The van der Waals surface area contributed by atoms with Crippen LogP contribution in [0.5, 0.6) is 0 Å². The van der Waals surface area contributed by atoms with Crippen molar-refractivity contribution >= 4 is 81.5 Å². The number of carboxylic acid groups (broad SMARTS) is 2. The lowest BCUT2D eigenvalue weighted by Crippen LogP contribution is -2.56. The molecule has 2 aliphatic rings. The van der Waals surface area contributed by atoms with Crippen LogP contribution in [0, 0.1) is 5.41 Å². The molecule has 2 rings (SSSR count). The molecule has 10 heteroatoms. The third-order valence-electron chi connectivity index (χ3n) is 3.51. The molecule has 1 saturated carbocycles. The van der Waals surface area contributed by atoms with Gasteiger partial charge in [0.05, 0.1) is 10.6 Å². The minimum Gasteiger partial charge on any atom is -0.480 e. The van der Waals surface area contributed by atoms with Gasteiger partial charge in [-0.25, -0.2) is 4.79 Å². The largest absolute Gasteiger partial charge is 0.480 e. The van der Waals surface area contributed by atoms with Gasteiger partial charge in [0, 0.05) is 0 Å². The number of hydrogen-bond acceptors (Lipinski definition) is 2. The van der Waals surface area contributed by atoms with Crippen LogP contribution in [0.25, 0.3) is 0 Å². The molecule has 2 atom stereocenters. The van der Waals surface area contributed by atoms with Gasteiger partial charge in [0.2, 0.25) is 0 Å². The van der Waals surface area contributed by atoms with Crippen molar-refractivity contribution in [1.82, 2.24) is 0 Å². The fourth-order valence-electron chi connectivity index (χ4n) is 2.54. The van der Waals surface area contributed by atoms with Crippen LogP contribution in [0.3, 0.4) is 0 Å². The van der Waals surface area contributed by atoms with Crippen molar-refractivity contribution in [1.29, 1.82) is 0 Å². The molecule has 0 spiro atoms. The quantitative estimate of drug-likeness (QED) is 0.711. The van der Waals surface area contributed by atoms with Gasteiger partial charge in [-0.1, -0.05) is 58.0 Å². The van der Waals surface area contributed by atoms with Crippen LogP contribution < -0.4 is 0 Å². The van der Waals surface area contributed by atoms with Crippen LogP contribution >= 0.6 is 69.6 Å². The Kier molecular flexibility index (Phi) is 3.32. The van der Waals surface area contributed by atoms with Gasteiger partial charge < -0.3 is 10.2 Å². The van der Waals surface area contributed by atoms with E-state index < -0.39 is 47.9 Å². The number of rotatable bonds is 2. The van der Waals surface area contributed by atoms with Gasteiger partial charge in [-0.3, -0.25) is 4.79 Å². The average Bonchev–Trinajstić information content (AvgIpc) is 2.55. The standard InChI is InChI=1S/C9H4Cl6O4/c10-3-2(4(16)17)6(5(18)19)1-7(3,11)9(14,15)8(6,12)13/h1H2,(H,16,17)(H,18,19). The second kappa shape index (κ2) is 3.99. The highest BCUT2D eigenvalue weighted by molar-refractivity contribution is 6.69. The molecule has 2 N–H and O–H groups in total. The van der Waals surface area contributed by atoms with E-state index in [9.17, 15) is 14.7 Å². The Balaban J connectivity index is 2.91. The van der Waals surface area contributed by atoms with Crippen molar-refractivity contribution < 1.29 is 19.8 Å². The van der Waals surface area contributed by atoms with Crippen LogP contribution in [0.2, 0.25) is 0 Å². The summed E-state index contributed by atoms with van der Waals surface area (Å²) in [6, 6.07) is 0. The van der Waals surface area contributed by atoms with E-state index in [0.29, 0.717) is 0 Å². The molecule has 2 bridgehead atoms. The lowest BCUT2D eigenvalue weighted by atomic mass is 9.79. The normalized spacial score (nSPS) is 38.6. The summed E-state index contributed by atoms with van der Waals surface area (Å²) in [7, 11) is 0. The lowest BCUT2D eigenvalue weighted by molar-refractivity contribution is -0.149. The van der Waals surface area contributed by atoms with E-state index in [1.54, 1.807) is 0 Å². The number of alkyl halides is 5. The van der Waals surface area contributed by atoms with Crippen LogP contribution in [0.15, 0.2) is 10.6 Å². The molecule has 106 valence electrons. The Morgan fingerprint density at radius 3 is 1.84 bits per heavy atom. The van der Waals surface area contributed by atoms with Gasteiger partial charge in [0.1, 0.15) is 10.3 Å². The topological polar surface area (TPSA) is 74.6 Å². The minimum absolute atomic E-state index is 0.467. The summed E-state index contributed by atoms with van der Waals surface area (Å²) >= 11 is 36.0. The number of hydrogen-bond donors (Lipinski definition) is 2. The second-order valence-electron chi connectivity index (χ2n) is 4.33. The van der Waals surface area contributed by atoms with Crippen molar-refractivity contribution in [2.75, 3.05) is 0 Å². The number of carbonyl (C=O) groups is 2. The number of carboxylic acids is 2. The number of allylic oxidation sites excluding steroid dienone is 1. The van der Waals surface area contributed by atoms with Crippen LogP contribution in [-0.4, -0.2) is 35.7 Å². The van der Waals surface area contributed by atoms with E-state index in [2.05, 4.69) is 0 Å². The van der Waals surface area contributed by atoms with Crippen LogP contribution in [0.1, 0.15) is 6.42 Å². The molecule has 2 aliphatic carbocycles. The number of halogens is 6. The molecular formula is C9H4Cl6O4. The molecule has 0 radical (unpaired) electrons. The SMILES string of the molecule is O=C(O)C1=C(Cl)C2(Cl)CC1(C(=O)O)C(Cl)(Cl)C2(Cl)Cl. The highest BCUT2D eigenvalue weighted by Gasteiger charge is 2.86. The number of aliphatic carboxylic acids is 2. The van der Waals surface area contributed by atoms with Gasteiger partial charge in [0.15, 0.2) is 8.67 Å². The highest BCUT2D eigenvalue weighted by Crippen LogP contribution is 2.78. The third kappa shape index (κ3) is 1.41. The lowest BCUT2D eigenvalue weighted by Gasteiger charge is -2.43. The van der Waals surface area contributed by atoms with E-state index >= 15 is 0 Å². The Morgan fingerprint density at radius 2 is 1.47 bits per heavy atom. The van der Waals surface area contributed by atoms with E-state index in [1.807, 2.05) is 0 Å². The second-order valence-corrected chi connectivity index (χ2v) is 8.01. The predicted octanol–water partition coefficient (Wildman–Crippen LogP) is 3.38. The molecule has 19 heavy (non-hydrogen) atoms. The maximum Gasteiger partial charge on any atom is 0.334 e. The molecule has 2 unspecified atom stereocenters. The van der Waals surface area contributed by atoms with Crippen LogP contribution in [-0.2, 0) is 9.59 Å². The zero-order valence-corrected chi connectivity index (χ0v) is 13.2. The van der Waals surface area contributed by atoms with Gasteiger partial charge in [-0.2, -0.15) is 0 Å². The molecule has 0 aromatic carbocycles. The monoisotopic (exact) mass is 386 g/mol. The summed E-state index contributed by atoms with van der Waals surface area (Å²) in [6.07, 6.45) is -0.517. The first-order valence-corrected chi connectivity index (χ1v) is 6.96. The van der Waals surface area contributed by atoms with Crippen molar-refractivity contribution in [3.8, 4) is 0 Å². The minimum atomic E-state index is -2.36. The molecule has 0 heterocycles. The number of fused-ring (bicyclic) bond motifs is 2. The van der Waals surface area contributed by atoms with E-state index in [0.717, 1.165) is 0 Å². The van der Waals surface area contributed by atoms with E-state index in [4.69, 9.17) is 74.7 Å². The Morgan fingerprint density at radius 1 is 1.00 bits per heavy atom. The fraction of sp³-hybridized carbons (Fsp3) is 0.556. The first-order valence-electron chi connectivity index (χ1n) is 4.70. The molecule has 0 aromatic rings. The van der Waals surface area contributed by atoms with E-state index in [-0.39, 0.29) is 0 Å². The summed E-state index contributed by atoms with van der Waals surface area (Å²) in [5.74, 6) is -3.21. The van der Waals surface area contributed by atoms with Crippen molar-refractivity contribution in [3.63, 3.8) is 0 Å². The van der Waals surface area contributed by atoms with Crippen LogP contribution in [0.4, 0.5) is 0 Å². The Labute approximate surface area is 137 Å². The molecule has 0 saturated heterocycles. The van der Waals surface area contributed by atoms with E-state index in [1.165, 1.54) is 0 Å². The summed E-state index contributed by atoms with van der Waals surface area (Å²) in [6.45, 7) is 0. The molecule has 0 aliphatic heterocycles. The van der Waals surface area contributed by atoms with Crippen molar-refractivity contribution in [2.24, 2.45) is 5.41 Å². The smallest absolute Gasteiger partial charge is 0.334 e.